The minimum Gasteiger partial charge on any atom is -0.399 e. The maximum Gasteiger partial charge on any atom is 0.250 e. The van der Waals surface area contributed by atoms with Crippen LogP contribution in [0.1, 0.15) is 15.9 Å². The van der Waals surface area contributed by atoms with Crippen LogP contribution >= 0.6 is 15.9 Å². The topological polar surface area (TPSA) is 72.3 Å². The van der Waals surface area contributed by atoms with E-state index >= 15 is 0 Å². The van der Waals surface area contributed by atoms with E-state index in [1.807, 2.05) is 42.3 Å². The summed E-state index contributed by atoms with van der Waals surface area (Å²) in [6.45, 7) is 0.678. The number of halogens is 1. The molecule has 5 heteroatoms. The molecule has 104 valence electrons. The Morgan fingerprint density at radius 2 is 1.85 bits per heavy atom. The first-order valence-electron chi connectivity index (χ1n) is 6.12. The van der Waals surface area contributed by atoms with Gasteiger partial charge in [-0.1, -0.05) is 28.1 Å². The second-order valence-electron chi connectivity index (χ2n) is 4.62. The summed E-state index contributed by atoms with van der Waals surface area (Å²) >= 11 is 3.41. The van der Waals surface area contributed by atoms with Gasteiger partial charge in [0.15, 0.2) is 0 Å². The van der Waals surface area contributed by atoms with Crippen LogP contribution in [0.15, 0.2) is 46.9 Å². The Kier molecular flexibility index (Phi) is 4.29. The number of nitrogens with zero attached hydrogens (tertiary/aromatic N) is 1. The first kappa shape index (κ1) is 14.4. The van der Waals surface area contributed by atoms with Gasteiger partial charge in [-0.2, -0.15) is 0 Å². The van der Waals surface area contributed by atoms with Gasteiger partial charge in [-0.25, -0.2) is 0 Å². The van der Waals surface area contributed by atoms with Crippen molar-refractivity contribution >= 4 is 33.2 Å². The summed E-state index contributed by atoms with van der Waals surface area (Å²) in [7, 11) is 1.92. The lowest BCUT2D eigenvalue weighted by Gasteiger charge is -2.22. The molecule has 2 rings (SSSR count). The molecule has 0 aromatic heterocycles. The standard InChI is InChI=1S/C15H16BrN3O/c1-19(9-10-2-4-11(16)5-3-10)14-7-6-12(17)8-13(14)15(18)20/h2-8H,9,17H2,1H3,(H2,18,20). The molecule has 0 aliphatic rings. The van der Waals surface area contributed by atoms with E-state index in [0.29, 0.717) is 17.8 Å². The van der Waals surface area contributed by atoms with Crippen LogP contribution in [0.25, 0.3) is 0 Å². The lowest BCUT2D eigenvalue weighted by Crippen LogP contribution is -2.22. The first-order valence-corrected chi connectivity index (χ1v) is 6.91. The summed E-state index contributed by atoms with van der Waals surface area (Å²) in [6.07, 6.45) is 0. The van der Waals surface area contributed by atoms with E-state index in [9.17, 15) is 4.79 Å². The largest absolute Gasteiger partial charge is 0.399 e. The van der Waals surface area contributed by atoms with Crippen molar-refractivity contribution in [2.75, 3.05) is 17.7 Å². The van der Waals surface area contributed by atoms with Crippen LogP contribution in [-0.4, -0.2) is 13.0 Å². The van der Waals surface area contributed by atoms with E-state index in [1.54, 1.807) is 12.1 Å². The average Bonchev–Trinajstić information content (AvgIpc) is 2.41. The molecule has 0 aliphatic carbocycles. The highest BCUT2D eigenvalue weighted by atomic mass is 79.9. The predicted octanol–water partition coefficient (Wildman–Crippen LogP) is 2.77. The molecule has 0 fully saturated rings. The molecular weight excluding hydrogens is 318 g/mol. The molecule has 0 radical (unpaired) electrons. The van der Waals surface area contributed by atoms with E-state index in [-0.39, 0.29) is 0 Å². The van der Waals surface area contributed by atoms with Gasteiger partial charge >= 0.3 is 0 Å². The fourth-order valence-electron chi connectivity index (χ4n) is 2.03. The summed E-state index contributed by atoms with van der Waals surface area (Å²) < 4.78 is 1.04. The molecule has 0 spiro atoms. The Balaban J connectivity index is 2.27. The highest BCUT2D eigenvalue weighted by Gasteiger charge is 2.12. The van der Waals surface area contributed by atoms with Crippen LogP contribution in [0.5, 0.6) is 0 Å². The number of rotatable bonds is 4. The molecule has 0 unspecified atom stereocenters. The number of carbonyl (C=O) groups is 1. The molecule has 0 aliphatic heterocycles. The molecule has 0 saturated heterocycles. The van der Waals surface area contributed by atoms with Gasteiger partial charge in [-0.15, -0.1) is 0 Å². The Morgan fingerprint density at radius 3 is 2.45 bits per heavy atom. The highest BCUT2D eigenvalue weighted by Crippen LogP contribution is 2.23. The number of anilines is 2. The fourth-order valence-corrected chi connectivity index (χ4v) is 2.30. The lowest BCUT2D eigenvalue weighted by atomic mass is 10.1. The molecule has 0 bridgehead atoms. The van der Waals surface area contributed by atoms with Crippen molar-refractivity contribution in [3.63, 3.8) is 0 Å². The molecule has 20 heavy (non-hydrogen) atoms. The molecule has 0 atom stereocenters. The summed E-state index contributed by atoms with van der Waals surface area (Å²) in [4.78, 5) is 13.5. The van der Waals surface area contributed by atoms with Crippen LogP contribution in [0.2, 0.25) is 0 Å². The zero-order valence-corrected chi connectivity index (χ0v) is 12.7. The lowest BCUT2D eigenvalue weighted by molar-refractivity contribution is 0.100. The number of amides is 1. The second kappa shape index (κ2) is 5.96. The number of hydrogen-bond acceptors (Lipinski definition) is 3. The van der Waals surface area contributed by atoms with Crippen molar-refractivity contribution in [2.24, 2.45) is 5.73 Å². The maximum atomic E-state index is 11.5. The van der Waals surface area contributed by atoms with Crippen molar-refractivity contribution in [3.8, 4) is 0 Å². The Labute approximate surface area is 126 Å². The SMILES string of the molecule is CN(Cc1ccc(Br)cc1)c1ccc(N)cc1C(N)=O. The molecule has 4 nitrogen and oxygen atoms in total. The van der Waals surface area contributed by atoms with E-state index in [1.165, 1.54) is 0 Å². The van der Waals surface area contributed by atoms with Crippen LogP contribution in [0.4, 0.5) is 11.4 Å². The van der Waals surface area contributed by atoms with Gasteiger partial charge in [0.2, 0.25) is 0 Å². The molecule has 2 aromatic rings. The van der Waals surface area contributed by atoms with Crippen molar-refractivity contribution in [1.82, 2.24) is 0 Å². The third-order valence-corrected chi connectivity index (χ3v) is 3.56. The van der Waals surface area contributed by atoms with Gasteiger partial charge in [-0.05, 0) is 35.9 Å². The van der Waals surface area contributed by atoms with Gasteiger partial charge in [0.1, 0.15) is 0 Å². The van der Waals surface area contributed by atoms with Crippen LogP contribution in [-0.2, 0) is 6.54 Å². The molecule has 2 aromatic carbocycles. The summed E-state index contributed by atoms with van der Waals surface area (Å²) in [5, 5.41) is 0. The van der Waals surface area contributed by atoms with Gasteiger partial charge in [0.05, 0.1) is 5.56 Å². The predicted molar refractivity (Wildman–Crippen MR) is 85.6 cm³/mol. The Bertz CT molecular complexity index is 626. The fraction of sp³-hybridized carbons (Fsp3) is 0.133. The summed E-state index contributed by atoms with van der Waals surface area (Å²) in [5.74, 6) is -0.477. The Hall–Kier alpha value is -2.01. The second-order valence-corrected chi connectivity index (χ2v) is 5.54. The highest BCUT2D eigenvalue weighted by molar-refractivity contribution is 9.10. The normalized spacial score (nSPS) is 10.3. The monoisotopic (exact) mass is 333 g/mol. The quantitative estimate of drug-likeness (QED) is 0.845. The molecule has 4 N–H and O–H groups in total. The number of hydrogen-bond donors (Lipinski definition) is 2. The van der Waals surface area contributed by atoms with E-state index < -0.39 is 5.91 Å². The third kappa shape index (κ3) is 3.30. The minimum atomic E-state index is -0.477. The van der Waals surface area contributed by atoms with Crippen molar-refractivity contribution in [2.45, 2.75) is 6.54 Å². The maximum absolute atomic E-state index is 11.5. The van der Waals surface area contributed by atoms with Crippen molar-refractivity contribution in [3.05, 3.63) is 58.1 Å². The number of primary amides is 1. The molecule has 1 amide bonds. The number of carbonyl (C=O) groups excluding carboxylic acids is 1. The smallest absolute Gasteiger partial charge is 0.250 e. The van der Waals surface area contributed by atoms with E-state index in [4.69, 9.17) is 11.5 Å². The zero-order chi connectivity index (χ0) is 14.7. The average molecular weight is 334 g/mol. The summed E-state index contributed by atoms with van der Waals surface area (Å²) in [6, 6.07) is 13.2. The van der Waals surface area contributed by atoms with Gasteiger partial charge in [0, 0.05) is 29.4 Å². The Morgan fingerprint density at radius 1 is 1.20 bits per heavy atom. The van der Waals surface area contributed by atoms with Gasteiger partial charge < -0.3 is 16.4 Å². The van der Waals surface area contributed by atoms with Crippen LogP contribution in [0.3, 0.4) is 0 Å². The first-order chi connectivity index (χ1) is 9.47. The number of nitrogen functional groups attached to an aromatic ring is 1. The van der Waals surface area contributed by atoms with Crippen LogP contribution < -0.4 is 16.4 Å². The van der Waals surface area contributed by atoms with Gasteiger partial charge in [-0.3, -0.25) is 4.79 Å². The van der Waals surface area contributed by atoms with E-state index in [0.717, 1.165) is 15.7 Å². The molecular formula is C15H16BrN3O. The molecule has 0 saturated carbocycles. The van der Waals surface area contributed by atoms with E-state index in [2.05, 4.69) is 15.9 Å². The van der Waals surface area contributed by atoms with Crippen molar-refractivity contribution < 1.29 is 4.79 Å². The third-order valence-electron chi connectivity index (χ3n) is 3.03. The van der Waals surface area contributed by atoms with Crippen molar-refractivity contribution in [1.29, 1.82) is 0 Å². The minimum absolute atomic E-state index is 0.435. The summed E-state index contributed by atoms with van der Waals surface area (Å²) in [5.41, 5.74) is 14.0. The van der Waals surface area contributed by atoms with Crippen LogP contribution in [0, 0.1) is 0 Å². The number of nitrogens with two attached hydrogens (primary N) is 2. The van der Waals surface area contributed by atoms with Gasteiger partial charge in [0.25, 0.3) is 5.91 Å². The number of benzene rings is 2. The molecule has 0 heterocycles. The zero-order valence-electron chi connectivity index (χ0n) is 11.1.